The van der Waals surface area contributed by atoms with Gasteiger partial charge in [-0.25, -0.2) is 9.37 Å². The van der Waals surface area contributed by atoms with Crippen molar-refractivity contribution in [2.75, 3.05) is 0 Å². The first-order valence-electron chi connectivity index (χ1n) is 7.27. The second-order valence-electron chi connectivity index (χ2n) is 5.04. The number of para-hydroxylation sites is 1. The predicted octanol–water partition coefficient (Wildman–Crippen LogP) is 3.69. The molecule has 0 saturated heterocycles. The van der Waals surface area contributed by atoms with Gasteiger partial charge in [0, 0.05) is 9.75 Å². The van der Waals surface area contributed by atoms with Crippen LogP contribution in [-0.4, -0.2) is 10.9 Å². The van der Waals surface area contributed by atoms with Crippen molar-refractivity contribution in [3.05, 3.63) is 69.8 Å². The van der Waals surface area contributed by atoms with Crippen LogP contribution >= 0.6 is 11.3 Å². The Morgan fingerprint density at radius 2 is 2.17 bits per heavy atom. The molecule has 0 atom stereocenters. The molecule has 0 bridgehead atoms. The van der Waals surface area contributed by atoms with Gasteiger partial charge in [0.1, 0.15) is 6.26 Å². The second-order valence-corrected chi connectivity index (χ2v) is 6.41. The van der Waals surface area contributed by atoms with Crippen molar-refractivity contribution in [2.45, 2.75) is 20.1 Å². The largest absolute Gasteiger partial charge is 0.481 e. The summed E-state index contributed by atoms with van der Waals surface area (Å²) < 4.78 is 23.9. The second kappa shape index (κ2) is 7.27. The maximum absolute atomic E-state index is 13.4. The summed E-state index contributed by atoms with van der Waals surface area (Å²) in [5.74, 6) is -0.486. The van der Waals surface area contributed by atoms with Gasteiger partial charge in [-0.05, 0) is 31.2 Å². The molecule has 0 saturated carbocycles. The number of carbonyl (C=O) groups is 1. The van der Waals surface area contributed by atoms with Crippen molar-refractivity contribution in [1.29, 1.82) is 0 Å². The molecular formula is C17H15FN2O3S. The molecular weight excluding hydrogens is 331 g/mol. The minimum absolute atomic E-state index is 0.0572. The van der Waals surface area contributed by atoms with Gasteiger partial charge in [0.25, 0.3) is 5.91 Å². The molecule has 5 nitrogen and oxygen atoms in total. The number of ether oxygens (including phenoxy) is 1. The number of amides is 1. The molecule has 3 rings (SSSR count). The highest BCUT2D eigenvalue weighted by molar-refractivity contribution is 7.11. The zero-order chi connectivity index (χ0) is 16.9. The first kappa shape index (κ1) is 16.2. The third kappa shape index (κ3) is 3.99. The lowest BCUT2D eigenvalue weighted by Crippen LogP contribution is -2.22. The topological polar surface area (TPSA) is 64.4 Å². The Morgan fingerprint density at radius 1 is 1.33 bits per heavy atom. The molecule has 0 aliphatic rings. The number of aromatic nitrogens is 1. The molecule has 0 fully saturated rings. The van der Waals surface area contributed by atoms with E-state index in [0.717, 1.165) is 4.88 Å². The number of oxazole rings is 1. The molecule has 2 aromatic heterocycles. The van der Waals surface area contributed by atoms with Crippen LogP contribution in [0.5, 0.6) is 5.75 Å². The van der Waals surface area contributed by atoms with Gasteiger partial charge in [0.2, 0.25) is 5.89 Å². The van der Waals surface area contributed by atoms with Crippen LogP contribution in [-0.2, 0) is 13.2 Å². The lowest BCUT2D eigenvalue weighted by molar-refractivity contribution is 0.0946. The van der Waals surface area contributed by atoms with Gasteiger partial charge in [0.15, 0.2) is 23.9 Å². The highest BCUT2D eigenvalue weighted by Gasteiger charge is 2.13. The quantitative estimate of drug-likeness (QED) is 0.739. The van der Waals surface area contributed by atoms with Crippen molar-refractivity contribution >= 4 is 17.2 Å². The number of carbonyl (C=O) groups excluding carboxylic acids is 1. The van der Waals surface area contributed by atoms with Gasteiger partial charge in [-0.15, -0.1) is 11.3 Å². The number of nitrogens with zero attached hydrogens (tertiary/aromatic N) is 1. The summed E-state index contributed by atoms with van der Waals surface area (Å²) in [6.45, 7) is 2.39. The minimum atomic E-state index is -0.465. The molecule has 1 aromatic carbocycles. The van der Waals surface area contributed by atoms with E-state index in [0.29, 0.717) is 6.54 Å². The number of thiophene rings is 1. The Balaban J connectivity index is 1.54. The smallest absolute Gasteiger partial charge is 0.273 e. The number of hydrogen-bond donors (Lipinski definition) is 1. The van der Waals surface area contributed by atoms with Crippen LogP contribution in [0, 0.1) is 12.7 Å². The Kier molecular flexibility index (Phi) is 4.90. The van der Waals surface area contributed by atoms with Gasteiger partial charge in [-0.2, -0.15) is 0 Å². The van der Waals surface area contributed by atoms with Crippen molar-refractivity contribution < 1.29 is 18.3 Å². The van der Waals surface area contributed by atoms with Crippen LogP contribution in [0.4, 0.5) is 4.39 Å². The van der Waals surface area contributed by atoms with Crippen molar-refractivity contribution in [1.82, 2.24) is 10.3 Å². The van der Waals surface area contributed by atoms with E-state index in [9.17, 15) is 9.18 Å². The molecule has 2 heterocycles. The lowest BCUT2D eigenvalue weighted by Gasteiger charge is -2.03. The Labute approximate surface area is 142 Å². The van der Waals surface area contributed by atoms with Crippen molar-refractivity contribution in [2.24, 2.45) is 0 Å². The maximum atomic E-state index is 13.4. The molecule has 124 valence electrons. The predicted molar refractivity (Wildman–Crippen MR) is 87.5 cm³/mol. The summed E-state index contributed by atoms with van der Waals surface area (Å²) in [7, 11) is 0. The molecule has 0 unspecified atom stereocenters. The Bertz CT molecular complexity index is 844. The van der Waals surface area contributed by atoms with Crippen molar-refractivity contribution in [3.63, 3.8) is 0 Å². The first-order valence-corrected chi connectivity index (χ1v) is 8.09. The maximum Gasteiger partial charge on any atom is 0.273 e. The molecule has 1 N–H and O–H groups in total. The highest BCUT2D eigenvalue weighted by atomic mass is 32.1. The van der Waals surface area contributed by atoms with Crippen LogP contribution in [0.2, 0.25) is 0 Å². The molecule has 1 amide bonds. The summed E-state index contributed by atoms with van der Waals surface area (Å²) >= 11 is 1.62. The fourth-order valence-corrected chi connectivity index (χ4v) is 2.85. The van der Waals surface area contributed by atoms with Gasteiger partial charge in [-0.1, -0.05) is 12.1 Å². The third-order valence-electron chi connectivity index (χ3n) is 3.19. The monoisotopic (exact) mass is 346 g/mol. The first-order chi connectivity index (χ1) is 11.6. The van der Waals surface area contributed by atoms with E-state index in [1.54, 1.807) is 23.5 Å². The SMILES string of the molecule is Cc1ccc(CNC(=O)c2coc(COc3ccccc3F)n2)s1. The third-order valence-corrected chi connectivity index (χ3v) is 4.19. The van der Waals surface area contributed by atoms with Gasteiger partial charge in [-0.3, -0.25) is 4.79 Å². The molecule has 7 heteroatoms. The van der Waals surface area contributed by atoms with Crippen LogP contribution in [0.1, 0.15) is 26.1 Å². The van der Waals surface area contributed by atoms with Crippen LogP contribution in [0.25, 0.3) is 0 Å². The van der Waals surface area contributed by atoms with E-state index in [1.165, 1.54) is 23.3 Å². The summed E-state index contributed by atoms with van der Waals surface area (Å²) in [6, 6.07) is 10.0. The van der Waals surface area contributed by atoms with E-state index >= 15 is 0 Å². The van der Waals surface area contributed by atoms with Crippen LogP contribution < -0.4 is 10.1 Å². The number of benzene rings is 1. The molecule has 0 aliphatic heterocycles. The van der Waals surface area contributed by atoms with E-state index in [2.05, 4.69) is 10.3 Å². The molecule has 24 heavy (non-hydrogen) atoms. The number of aryl methyl sites for hydroxylation is 1. The Hall–Kier alpha value is -2.67. The van der Waals surface area contributed by atoms with Crippen LogP contribution in [0.3, 0.4) is 0 Å². The minimum Gasteiger partial charge on any atom is -0.481 e. The number of rotatable bonds is 6. The van der Waals surface area contributed by atoms with E-state index < -0.39 is 5.82 Å². The summed E-state index contributed by atoms with van der Waals surface area (Å²) in [5, 5.41) is 2.77. The molecule has 0 spiro atoms. The highest BCUT2D eigenvalue weighted by Crippen LogP contribution is 2.17. The van der Waals surface area contributed by atoms with E-state index in [-0.39, 0.29) is 29.8 Å². The number of halogens is 1. The molecule has 3 aromatic rings. The number of hydrogen-bond acceptors (Lipinski definition) is 5. The van der Waals surface area contributed by atoms with Gasteiger partial charge >= 0.3 is 0 Å². The fraction of sp³-hybridized carbons (Fsp3) is 0.176. The zero-order valence-electron chi connectivity index (χ0n) is 12.9. The molecule has 0 radical (unpaired) electrons. The normalized spacial score (nSPS) is 10.6. The van der Waals surface area contributed by atoms with E-state index in [1.807, 2.05) is 19.1 Å². The zero-order valence-corrected chi connectivity index (χ0v) is 13.7. The summed E-state index contributed by atoms with van der Waals surface area (Å²) in [4.78, 5) is 18.3. The van der Waals surface area contributed by atoms with Gasteiger partial charge in [0.05, 0.1) is 6.54 Å². The summed E-state index contributed by atoms with van der Waals surface area (Å²) in [6.07, 6.45) is 1.26. The fourth-order valence-electron chi connectivity index (χ4n) is 2.02. The van der Waals surface area contributed by atoms with E-state index in [4.69, 9.17) is 9.15 Å². The Morgan fingerprint density at radius 3 is 2.92 bits per heavy atom. The average Bonchev–Trinajstić information content (AvgIpc) is 3.21. The average molecular weight is 346 g/mol. The number of nitrogens with one attached hydrogen (secondary N) is 1. The lowest BCUT2D eigenvalue weighted by atomic mass is 10.3. The standard InChI is InChI=1S/C17H15FN2O3S/c1-11-6-7-12(24-11)8-19-17(21)14-9-23-16(20-14)10-22-15-5-3-2-4-13(15)18/h2-7,9H,8,10H2,1H3,(H,19,21). The van der Waals surface area contributed by atoms with Crippen molar-refractivity contribution in [3.8, 4) is 5.75 Å². The van der Waals surface area contributed by atoms with Gasteiger partial charge < -0.3 is 14.5 Å². The summed E-state index contributed by atoms with van der Waals surface area (Å²) in [5.41, 5.74) is 0.162. The van der Waals surface area contributed by atoms with Crippen LogP contribution in [0.15, 0.2) is 47.1 Å². The molecule has 0 aliphatic carbocycles.